The highest BCUT2D eigenvalue weighted by Gasteiger charge is 2.21. The van der Waals surface area contributed by atoms with Gasteiger partial charge in [0.05, 0.1) is 6.10 Å². The van der Waals surface area contributed by atoms with Gasteiger partial charge >= 0.3 is 0 Å². The van der Waals surface area contributed by atoms with Gasteiger partial charge in [0.15, 0.2) is 0 Å². The van der Waals surface area contributed by atoms with Gasteiger partial charge in [-0.2, -0.15) is 0 Å². The van der Waals surface area contributed by atoms with E-state index < -0.39 is 0 Å². The van der Waals surface area contributed by atoms with Crippen LogP contribution in [-0.2, 0) is 4.79 Å². The molecule has 0 bridgehead atoms. The average Bonchev–Trinajstić information content (AvgIpc) is 2.10. The molecule has 1 unspecified atom stereocenters. The number of amides is 1. The molecule has 3 heteroatoms. The molecule has 0 aliphatic heterocycles. The van der Waals surface area contributed by atoms with E-state index in [9.17, 15) is 9.90 Å². The van der Waals surface area contributed by atoms with Crippen LogP contribution in [0.2, 0.25) is 0 Å². The van der Waals surface area contributed by atoms with Crippen LogP contribution in [-0.4, -0.2) is 23.7 Å². The summed E-state index contributed by atoms with van der Waals surface area (Å²) in [4.78, 5) is 11.7. The average molecular weight is 257 g/mol. The van der Waals surface area contributed by atoms with Crippen molar-refractivity contribution in [1.82, 2.24) is 5.32 Å². The lowest BCUT2D eigenvalue weighted by Crippen LogP contribution is -2.35. The fourth-order valence-corrected chi connectivity index (χ4v) is 2.08. The minimum Gasteiger partial charge on any atom is -0.393 e. The molecule has 1 atom stereocenters. The third-order valence-corrected chi connectivity index (χ3v) is 2.94. The first kappa shape index (κ1) is 17.4. The number of nitrogens with one attached hydrogen (secondary N) is 1. The van der Waals surface area contributed by atoms with E-state index in [2.05, 4.69) is 39.9 Å². The predicted octanol–water partition coefficient (Wildman–Crippen LogP) is 3.12. The Kier molecular flexibility index (Phi) is 6.90. The van der Waals surface area contributed by atoms with E-state index in [1.54, 1.807) is 6.92 Å². The van der Waals surface area contributed by atoms with E-state index in [4.69, 9.17) is 0 Å². The topological polar surface area (TPSA) is 49.3 Å². The van der Waals surface area contributed by atoms with Crippen molar-refractivity contribution in [2.45, 2.75) is 73.3 Å². The molecule has 0 aromatic heterocycles. The van der Waals surface area contributed by atoms with Gasteiger partial charge in [-0.1, -0.05) is 34.6 Å². The van der Waals surface area contributed by atoms with E-state index in [1.165, 1.54) is 0 Å². The second-order valence-electron chi connectivity index (χ2n) is 7.41. The van der Waals surface area contributed by atoms with Gasteiger partial charge < -0.3 is 10.4 Å². The second-order valence-corrected chi connectivity index (χ2v) is 7.41. The van der Waals surface area contributed by atoms with Crippen LogP contribution in [0.3, 0.4) is 0 Å². The summed E-state index contributed by atoms with van der Waals surface area (Å²) in [5.41, 5.74) is 0.250. The summed E-state index contributed by atoms with van der Waals surface area (Å²) in [6, 6.07) is 0. The summed E-state index contributed by atoms with van der Waals surface area (Å²) in [5, 5.41) is 12.3. The minimum absolute atomic E-state index is 0.0478. The van der Waals surface area contributed by atoms with Gasteiger partial charge in [-0.3, -0.25) is 4.79 Å². The SMILES string of the molecule is CC(O)CC(C)(C)CNC(=O)CCCC(C)(C)C. The van der Waals surface area contributed by atoms with Crippen LogP contribution in [0.25, 0.3) is 0 Å². The lowest BCUT2D eigenvalue weighted by molar-refractivity contribution is -0.121. The predicted molar refractivity (Wildman–Crippen MR) is 76.4 cm³/mol. The minimum atomic E-state index is -0.321. The zero-order valence-electron chi connectivity index (χ0n) is 13.0. The van der Waals surface area contributed by atoms with Gasteiger partial charge in [0.2, 0.25) is 5.91 Å². The molecule has 3 nitrogen and oxygen atoms in total. The molecule has 0 heterocycles. The Morgan fingerprint density at radius 2 is 1.78 bits per heavy atom. The Hall–Kier alpha value is -0.570. The van der Waals surface area contributed by atoms with Gasteiger partial charge in [0.1, 0.15) is 0 Å². The Balaban J connectivity index is 3.83. The first-order valence-corrected chi connectivity index (χ1v) is 6.97. The van der Waals surface area contributed by atoms with Crippen LogP contribution in [0.15, 0.2) is 0 Å². The zero-order chi connectivity index (χ0) is 14.4. The standard InChI is InChI=1S/C15H31NO2/c1-12(17)10-15(5,6)11-16-13(18)8-7-9-14(2,3)4/h12,17H,7-11H2,1-6H3,(H,16,18). The molecule has 0 radical (unpaired) electrons. The lowest BCUT2D eigenvalue weighted by atomic mass is 9.87. The highest BCUT2D eigenvalue weighted by molar-refractivity contribution is 5.75. The van der Waals surface area contributed by atoms with Crippen LogP contribution in [0, 0.1) is 10.8 Å². The smallest absolute Gasteiger partial charge is 0.220 e. The van der Waals surface area contributed by atoms with Crippen molar-refractivity contribution < 1.29 is 9.90 Å². The summed E-state index contributed by atoms with van der Waals surface area (Å²) in [5.74, 6) is 0.123. The zero-order valence-corrected chi connectivity index (χ0v) is 13.0. The molecule has 0 rings (SSSR count). The number of aliphatic hydroxyl groups is 1. The fraction of sp³-hybridized carbons (Fsp3) is 0.933. The normalized spacial score (nSPS) is 14.4. The fourth-order valence-electron chi connectivity index (χ4n) is 2.08. The first-order chi connectivity index (χ1) is 8.02. The van der Waals surface area contributed by atoms with Gasteiger partial charge in [-0.25, -0.2) is 0 Å². The maximum absolute atomic E-state index is 11.7. The van der Waals surface area contributed by atoms with Crippen LogP contribution in [0.4, 0.5) is 0 Å². The molecule has 0 fully saturated rings. The van der Waals surface area contributed by atoms with Crippen LogP contribution < -0.4 is 5.32 Å². The molecule has 0 saturated carbocycles. The number of hydrogen-bond donors (Lipinski definition) is 2. The number of hydrogen-bond acceptors (Lipinski definition) is 2. The second kappa shape index (κ2) is 7.13. The molecule has 1 amide bonds. The van der Waals surface area contributed by atoms with Crippen molar-refractivity contribution in [3.63, 3.8) is 0 Å². The highest BCUT2D eigenvalue weighted by Crippen LogP contribution is 2.22. The van der Waals surface area contributed by atoms with Crippen molar-refractivity contribution in [2.75, 3.05) is 6.54 Å². The molecule has 0 aromatic carbocycles. The number of carbonyl (C=O) groups is 1. The van der Waals surface area contributed by atoms with Gasteiger partial charge in [-0.15, -0.1) is 0 Å². The molecular weight excluding hydrogens is 226 g/mol. The molecule has 108 valence electrons. The third kappa shape index (κ3) is 10.6. The molecule has 0 spiro atoms. The summed E-state index contributed by atoms with van der Waals surface area (Å²) in [6.45, 7) is 13.1. The monoisotopic (exact) mass is 257 g/mol. The van der Waals surface area contributed by atoms with E-state index in [1.807, 2.05) is 0 Å². The van der Waals surface area contributed by atoms with E-state index in [-0.39, 0.29) is 17.4 Å². The number of carbonyl (C=O) groups excluding carboxylic acids is 1. The molecule has 0 aromatic rings. The third-order valence-electron chi connectivity index (χ3n) is 2.94. The molecule has 0 aliphatic carbocycles. The highest BCUT2D eigenvalue weighted by atomic mass is 16.3. The Morgan fingerprint density at radius 3 is 2.22 bits per heavy atom. The number of aliphatic hydroxyl groups excluding tert-OH is 1. The van der Waals surface area contributed by atoms with Crippen molar-refractivity contribution in [3.8, 4) is 0 Å². The summed E-state index contributed by atoms with van der Waals surface area (Å²) in [6.07, 6.45) is 2.99. The van der Waals surface area contributed by atoms with Crippen LogP contribution in [0.1, 0.15) is 67.2 Å². The summed E-state index contributed by atoms with van der Waals surface area (Å²) in [7, 11) is 0. The molecule has 18 heavy (non-hydrogen) atoms. The van der Waals surface area contributed by atoms with Crippen molar-refractivity contribution >= 4 is 5.91 Å². The first-order valence-electron chi connectivity index (χ1n) is 6.97. The Labute approximate surface area is 112 Å². The van der Waals surface area contributed by atoms with Crippen LogP contribution >= 0.6 is 0 Å². The lowest BCUT2D eigenvalue weighted by Gasteiger charge is -2.26. The van der Waals surface area contributed by atoms with Gasteiger partial charge in [0.25, 0.3) is 0 Å². The largest absolute Gasteiger partial charge is 0.393 e. The molecule has 0 saturated heterocycles. The van der Waals surface area contributed by atoms with Crippen molar-refractivity contribution in [3.05, 3.63) is 0 Å². The summed E-state index contributed by atoms with van der Waals surface area (Å²) >= 11 is 0. The Morgan fingerprint density at radius 1 is 1.22 bits per heavy atom. The van der Waals surface area contributed by atoms with E-state index >= 15 is 0 Å². The maximum Gasteiger partial charge on any atom is 0.220 e. The van der Waals surface area contributed by atoms with Crippen LogP contribution in [0.5, 0.6) is 0 Å². The summed E-state index contributed by atoms with van der Waals surface area (Å²) < 4.78 is 0. The van der Waals surface area contributed by atoms with Gasteiger partial charge in [-0.05, 0) is 37.0 Å². The van der Waals surface area contributed by atoms with E-state index in [0.717, 1.165) is 12.8 Å². The van der Waals surface area contributed by atoms with Crippen molar-refractivity contribution in [2.24, 2.45) is 10.8 Å². The van der Waals surface area contributed by atoms with E-state index in [0.29, 0.717) is 24.8 Å². The Bertz CT molecular complexity index is 252. The molecular formula is C15H31NO2. The molecule has 0 aliphatic rings. The van der Waals surface area contributed by atoms with Crippen molar-refractivity contribution in [1.29, 1.82) is 0 Å². The number of rotatable bonds is 7. The maximum atomic E-state index is 11.7. The quantitative estimate of drug-likeness (QED) is 0.736. The molecule has 2 N–H and O–H groups in total. The van der Waals surface area contributed by atoms with Gasteiger partial charge in [0, 0.05) is 13.0 Å².